The molecule has 4 aromatic rings. The average molecular weight is 456 g/mol. The van der Waals surface area contributed by atoms with Gasteiger partial charge in [0.05, 0.1) is 11.6 Å². The zero-order valence-electron chi connectivity index (χ0n) is 18.1. The molecule has 8 heteroatoms. The summed E-state index contributed by atoms with van der Waals surface area (Å²) in [7, 11) is 0. The topological polar surface area (TPSA) is 95.7 Å². The van der Waals surface area contributed by atoms with E-state index in [0.29, 0.717) is 10.9 Å². The number of aromatic amines is 1. The van der Waals surface area contributed by atoms with Crippen LogP contribution >= 0.6 is 11.8 Å². The molecule has 4 heterocycles. The Hall–Kier alpha value is -3.52. The predicted molar refractivity (Wildman–Crippen MR) is 135 cm³/mol. The van der Waals surface area contributed by atoms with Crippen LogP contribution in [0.3, 0.4) is 0 Å². The minimum Gasteiger partial charge on any atom is -0.368 e. The minimum atomic E-state index is 0.188. The average Bonchev–Trinajstić information content (AvgIpc) is 3.52. The van der Waals surface area contributed by atoms with Crippen LogP contribution in [-0.4, -0.2) is 32.8 Å². The minimum absolute atomic E-state index is 0.188. The third-order valence-corrected chi connectivity index (χ3v) is 7.46. The SMILES string of the molecule is Nc1nc(NC2Cc3ccccc3N(Cc3ccc(C4CC=CS4)cc3)C2)c2cn[nH]c2n1. The van der Waals surface area contributed by atoms with E-state index in [2.05, 4.69) is 90.4 Å². The largest absolute Gasteiger partial charge is 0.368 e. The van der Waals surface area contributed by atoms with Crippen molar-refractivity contribution in [1.82, 2.24) is 20.2 Å². The lowest BCUT2D eigenvalue weighted by Gasteiger charge is -2.37. The second-order valence-corrected chi connectivity index (χ2v) is 9.70. The molecule has 6 rings (SSSR count). The molecule has 7 nitrogen and oxygen atoms in total. The van der Waals surface area contributed by atoms with Gasteiger partial charge in [0.2, 0.25) is 5.95 Å². The fraction of sp³-hybridized carbons (Fsp3) is 0.240. The molecule has 2 aliphatic rings. The van der Waals surface area contributed by atoms with E-state index in [-0.39, 0.29) is 12.0 Å². The maximum Gasteiger partial charge on any atom is 0.224 e. The summed E-state index contributed by atoms with van der Waals surface area (Å²) in [5.74, 6) is 0.959. The number of hydrogen-bond donors (Lipinski definition) is 3. The van der Waals surface area contributed by atoms with Gasteiger partial charge in [0.15, 0.2) is 5.65 Å². The second kappa shape index (κ2) is 8.44. The number of thioether (sulfide) groups is 1. The summed E-state index contributed by atoms with van der Waals surface area (Å²) in [6.07, 6.45) is 6.03. The zero-order valence-corrected chi connectivity index (χ0v) is 18.9. The number of nitrogens with two attached hydrogens (primary N) is 1. The van der Waals surface area contributed by atoms with Crippen molar-refractivity contribution in [2.45, 2.75) is 30.7 Å². The third-order valence-electron chi connectivity index (χ3n) is 6.32. The first-order chi connectivity index (χ1) is 16.2. The van der Waals surface area contributed by atoms with Gasteiger partial charge in [-0.25, -0.2) is 0 Å². The molecule has 2 aromatic carbocycles. The first-order valence-corrected chi connectivity index (χ1v) is 12.1. The Morgan fingerprint density at radius 2 is 2.00 bits per heavy atom. The maximum atomic E-state index is 5.93. The van der Waals surface area contributed by atoms with Gasteiger partial charge in [-0.3, -0.25) is 5.10 Å². The van der Waals surface area contributed by atoms with E-state index in [9.17, 15) is 0 Å². The Labute approximate surface area is 196 Å². The monoisotopic (exact) mass is 455 g/mol. The fourth-order valence-electron chi connectivity index (χ4n) is 4.75. The lowest BCUT2D eigenvalue weighted by Crippen LogP contribution is -2.42. The van der Waals surface area contributed by atoms with Gasteiger partial charge in [-0.05, 0) is 41.0 Å². The van der Waals surface area contributed by atoms with E-state index in [1.807, 2.05) is 11.8 Å². The summed E-state index contributed by atoms with van der Waals surface area (Å²) in [5, 5.41) is 14.2. The number of fused-ring (bicyclic) bond motifs is 2. The molecule has 0 fully saturated rings. The van der Waals surface area contributed by atoms with Crippen LogP contribution < -0.4 is 16.0 Å². The van der Waals surface area contributed by atoms with E-state index in [1.165, 1.54) is 22.4 Å². The van der Waals surface area contributed by atoms with E-state index < -0.39 is 0 Å². The second-order valence-electron chi connectivity index (χ2n) is 8.59. The van der Waals surface area contributed by atoms with Crippen molar-refractivity contribution in [1.29, 1.82) is 0 Å². The standard InChI is InChI=1S/C25H25N7S/c26-25-29-23(20-13-27-31-24(20)30-25)28-19-12-18-4-1-2-5-21(18)32(15-19)14-16-7-9-17(10-8-16)22-6-3-11-33-22/h1-5,7-11,13,19,22H,6,12,14-15H2,(H4,26,27,28,29,30,31). The molecule has 2 aromatic heterocycles. The first kappa shape index (κ1) is 20.1. The molecule has 0 radical (unpaired) electrons. The normalized spacial score (nSPS) is 19.7. The molecule has 0 saturated carbocycles. The van der Waals surface area contributed by atoms with Gasteiger partial charge in [-0.2, -0.15) is 15.1 Å². The van der Waals surface area contributed by atoms with E-state index in [4.69, 9.17) is 5.73 Å². The van der Waals surface area contributed by atoms with Crippen LogP contribution in [0.25, 0.3) is 11.0 Å². The number of allylic oxidation sites excluding steroid dienone is 1. The van der Waals surface area contributed by atoms with Crippen molar-refractivity contribution < 1.29 is 0 Å². The third kappa shape index (κ3) is 4.02. The Bertz CT molecular complexity index is 1310. The number of H-pyrrole nitrogens is 1. The maximum absolute atomic E-state index is 5.93. The molecular weight excluding hydrogens is 430 g/mol. The first-order valence-electron chi connectivity index (χ1n) is 11.2. The molecule has 2 aliphatic heterocycles. The lowest BCUT2D eigenvalue weighted by atomic mass is 9.97. The summed E-state index contributed by atoms with van der Waals surface area (Å²) in [6.45, 7) is 1.73. The van der Waals surface area contributed by atoms with Crippen LogP contribution in [0.1, 0.15) is 28.4 Å². The zero-order chi connectivity index (χ0) is 22.2. The predicted octanol–water partition coefficient (Wildman–Crippen LogP) is 4.67. The molecule has 2 unspecified atom stereocenters. The Morgan fingerprint density at radius 1 is 1.12 bits per heavy atom. The molecule has 0 saturated heterocycles. The number of nitrogen functional groups attached to an aromatic ring is 1. The molecule has 2 atom stereocenters. The van der Waals surface area contributed by atoms with Gasteiger partial charge in [-0.15, -0.1) is 11.8 Å². The molecule has 0 amide bonds. The van der Waals surface area contributed by atoms with Gasteiger partial charge in [0, 0.05) is 30.1 Å². The number of benzene rings is 2. The van der Waals surface area contributed by atoms with Crippen molar-refractivity contribution in [2.24, 2.45) is 0 Å². The van der Waals surface area contributed by atoms with E-state index in [1.54, 1.807) is 6.20 Å². The van der Waals surface area contributed by atoms with Crippen LogP contribution in [0.15, 0.2) is 66.2 Å². The van der Waals surface area contributed by atoms with Crippen molar-refractivity contribution >= 4 is 40.2 Å². The number of aromatic nitrogens is 4. The Morgan fingerprint density at radius 3 is 2.85 bits per heavy atom. The number of nitrogens with one attached hydrogen (secondary N) is 2. The molecular formula is C25H25N7S. The molecule has 4 N–H and O–H groups in total. The summed E-state index contributed by atoms with van der Waals surface area (Å²) in [4.78, 5) is 11.1. The van der Waals surface area contributed by atoms with Crippen molar-refractivity contribution in [3.05, 3.63) is 82.9 Å². The van der Waals surface area contributed by atoms with E-state index in [0.717, 1.165) is 37.1 Å². The molecule has 33 heavy (non-hydrogen) atoms. The summed E-state index contributed by atoms with van der Waals surface area (Å²) in [5.41, 5.74) is 11.9. The van der Waals surface area contributed by atoms with Crippen molar-refractivity contribution in [3.63, 3.8) is 0 Å². The van der Waals surface area contributed by atoms with Crippen LogP contribution in [-0.2, 0) is 13.0 Å². The lowest BCUT2D eigenvalue weighted by molar-refractivity contribution is 0.628. The number of rotatable bonds is 5. The van der Waals surface area contributed by atoms with Crippen LogP contribution in [0.2, 0.25) is 0 Å². The summed E-state index contributed by atoms with van der Waals surface area (Å²) in [6, 6.07) is 18.0. The van der Waals surface area contributed by atoms with Gasteiger partial charge in [0.1, 0.15) is 5.82 Å². The molecule has 0 aliphatic carbocycles. The molecule has 0 bridgehead atoms. The highest BCUT2D eigenvalue weighted by molar-refractivity contribution is 8.02. The highest BCUT2D eigenvalue weighted by Crippen LogP contribution is 2.38. The Kier molecular flexibility index (Phi) is 5.14. The van der Waals surface area contributed by atoms with E-state index >= 15 is 0 Å². The van der Waals surface area contributed by atoms with Crippen LogP contribution in [0.5, 0.6) is 0 Å². The quantitative estimate of drug-likeness (QED) is 0.402. The number of hydrogen-bond acceptors (Lipinski definition) is 7. The van der Waals surface area contributed by atoms with Crippen molar-refractivity contribution in [3.8, 4) is 0 Å². The highest BCUT2D eigenvalue weighted by atomic mass is 32.2. The van der Waals surface area contributed by atoms with Gasteiger partial charge < -0.3 is 16.0 Å². The molecule has 0 spiro atoms. The van der Waals surface area contributed by atoms with Crippen LogP contribution in [0, 0.1) is 0 Å². The van der Waals surface area contributed by atoms with Gasteiger partial charge in [0.25, 0.3) is 0 Å². The smallest absolute Gasteiger partial charge is 0.224 e. The number of nitrogens with zero attached hydrogens (tertiary/aromatic N) is 4. The highest BCUT2D eigenvalue weighted by Gasteiger charge is 2.25. The number of anilines is 3. The Balaban J connectivity index is 1.24. The van der Waals surface area contributed by atoms with Gasteiger partial charge >= 0.3 is 0 Å². The number of para-hydroxylation sites is 1. The van der Waals surface area contributed by atoms with Crippen LogP contribution in [0.4, 0.5) is 17.5 Å². The fourth-order valence-corrected chi connectivity index (χ4v) is 5.69. The summed E-state index contributed by atoms with van der Waals surface area (Å²) < 4.78 is 0. The van der Waals surface area contributed by atoms with Gasteiger partial charge in [-0.1, -0.05) is 48.5 Å². The van der Waals surface area contributed by atoms with Crippen molar-refractivity contribution in [2.75, 3.05) is 22.5 Å². The summed E-state index contributed by atoms with van der Waals surface area (Å²) >= 11 is 1.91. The molecule has 166 valence electrons.